The van der Waals surface area contributed by atoms with E-state index < -0.39 is 11.4 Å². The Balaban J connectivity index is 0.00000156. The van der Waals surface area contributed by atoms with Crippen LogP contribution >= 0.6 is 11.3 Å². The summed E-state index contributed by atoms with van der Waals surface area (Å²) in [4.78, 5) is 16.5. The number of hydrogen-bond acceptors (Lipinski definition) is 7. The molecule has 37 heavy (non-hydrogen) atoms. The van der Waals surface area contributed by atoms with Gasteiger partial charge in [0, 0.05) is 36.5 Å². The number of carbonyl (C=O) groups excluding carboxylic acids is 1. The number of rotatable bonds is 8. The summed E-state index contributed by atoms with van der Waals surface area (Å²) in [6, 6.07) is 28.1. The number of aliphatic hydroxyl groups is 1. The molecular formula is C28H27N4O3S2+. The molecule has 0 aliphatic heterocycles. The first kappa shape index (κ1) is 26.5. The molecule has 9 heteroatoms. The SMILES string of the molecule is CO.N[S+](O)c1ccc(Cc2c(Cc3ccccc3)nn(-c3nc(C=O)cs3)c2-c2ccccc2)cc1. The smallest absolute Gasteiger partial charge is 0.272 e. The Morgan fingerprint density at radius 3 is 2.14 bits per heavy atom. The van der Waals surface area contributed by atoms with Crippen LogP contribution in [0.15, 0.2) is 95.2 Å². The molecule has 5 aromatic rings. The minimum absolute atomic E-state index is 0.391. The number of benzene rings is 3. The van der Waals surface area contributed by atoms with Crippen molar-refractivity contribution in [3.63, 3.8) is 0 Å². The molecule has 188 valence electrons. The van der Waals surface area contributed by atoms with Gasteiger partial charge in [0.2, 0.25) is 10.0 Å². The Bertz CT molecular complexity index is 1430. The normalized spacial score (nSPS) is 11.5. The van der Waals surface area contributed by atoms with Crippen LogP contribution in [0.25, 0.3) is 16.4 Å². The van der Waals surface area contributed by atoms with Crippen LogP contribution in [0.3, 0.4) is 0 Å². The molecule has 0 spiro atoms. The molecule has 7 nitrogen and oxygen atoms in total. The molecule has 1 unspecified atom stereocenters. The summed E-state index contributed by atoms with van der Waals surface area (Å²) in [5.74, 6) is 0. The highest BCUT2D eigenvalue weighted by atomic mass is 32.2. The van der Waals surface area contributed by atoms with Gasteiger partial charge < -0.3 is 5.11 Å². The minimum atomic E-state index is -1.27. The molecule has 2 aromatic heterocycles. The van der Waals surface area contributed by atoms with E-state index in [4.69, 9.17) is 15.3 Å². The molecule has 0 saturated heterocycles. The first-order chi connectivity index (χ1) is 18.1. The van der Waals surface area contributed by atoms with Gasteiger partial charge in [-0.25, -0.2) is 9.67 Å². The third-order valence-corrected chi connectivity index (χ3v) is 7.28. The molecular weight excluding hydrogens is 504 g/mol. The first-order valence-electron chi connectivity index (χ1n) is 11.4. The number of thiazole rings is 1. The Labute approximate surface area is 222 Å². The predicted octanol–water partition coefficient (Wildman–Crippen LogP) is 4.92. The number of aldehydes is 1. The number of nitrogens with two attached hydrogens (primary N) is 1. The van der Waals surface area contributed by atoms with E-state index in [-0.39, 0.29) is 0 Å². The van der Waals surface area contributed by atoms with E-state index in [0.29, 0.717) is 28.6 Å². The molecule has 4 N–H and O–H groups in total. The predicted molar refractivity (Wildman–Crippen MR) is 149 cm³/mol. The molecule has 3 aromatic carbocycles. The average Bonchev–Trinajstić information content (AvgIpc) is 3.56. The monoisotopic (exact) mass is 531 g/mol. The Morgan fingerprint density at radius 2 is 1.54 bits per heavy atom. The highest BCUT2D eigenvalue weighted by Gasteiger charge is 2.23. The van der Waals surface area contributed by atoms with Crippen LogP contribution in [-0.4, -0.2) is 37.8 Å². The minimum Gasteiger partial charge on any atom is -0.400 e. The molecule has 0 amide bonds. The molecule has 0 fully saturated rings. The summed E-state index contributed by atoms with van der Waals surface area (Å²) >= 11 is 0.123. The second-order valence-electron chi connectivity index (χ2n) is 8.02. The molecule has 0 radical (unpaired) electrons. The van der Waals surface area contributed by atoms with E-state index in [1.54, 1.807) is 5.38 Å². The summed E-state index contributed by atoms with van der Waals surface area (Å²) in [5, 5.41) is 20.1. The summed E-state index contributed by atoms with van der Waals surface area (Å²) in [5.41, 5.74) is 6.64. The fraction of sp³-hybridized carbons (Fsp3) is 0.107. The summed E-state index contributed by atoms with van der Waals surface area (Å²) in [6.45, 7) is 0. The maximum absolute atomic E-state index is 11.3. The first-order valence-corrected chi connectivity index (χ1v) is 13.6. The molecule has 5 rings (SSSR count). The number of nitrogens with zero attached hydrogens (tertiary/aromatic N) is 3. The van der Waals surface area contributed by atoms with E-state index >= 15 is 0 Å². The zero-order valence-corrected chi connectivity index (χ0v) is 21.8. The lowest BCUT2D eigenvalue weighted by Gasteiger charge is -2.09. The molecule has 0 bridgehead atoms. The standard InChI is InChI=1S/C27H23N4O2S2.CH4O/c28-35(33)23-13-11-20(12-14-23)15-24-25(16-19-7-3-1-4-8-19)30-31(27-29-22(17-32)18-34-27)26(24)21-9-5-2-6-10-21;1-2/h1-14,17-18,33H,15-16,28H2;2H,1H3/q+1;. The fourth-order valence-corrected chi connectivity index (χ4v) is 5.16. The van der Waals surface area contributed by atoms with Crippen molar-refractivity contribution in [2.45, 2.75) is 17.7 Å². The number of aromatic nitrogens is 3. The van der Waals surface area contributed by atoms with Crippen molar-refractivity contribution in [3.8, 4) is 16.4 Å². The van der Waals surface area contributed by atoms with Crippen LogP contribution in [0.4, 0.5) is 0 Å². The average molecular weight is 532 g/mol. The highest BCUT2D eigenvalue weighted by molar-refractivity contribution is 7.89. The Hall–Kier alpha value is -3.60. The van der Waals surface area contributed by atoms with Gasteiger partial charge in [-0.2, -0.15) is 9.65 Å². The largest absolute Gasteiger partial charge is 0.400 e. The number of carbonyl (C=O) groups is 1. The second-order valence-corrected chi connectivity index (χ2v) is 9.96. The highest BCUT2D eigenvalue weighted by Crippen LogP contribution is 2.33. The van der Waals surface area contributed by atoms with Gasteiger partial charge in [0.15, 0.2) is 6.29 Å². The zero-order valence-electron chi connectivity index (χ0n) is 20.2. The summed E-state index contributed by atoms with van der Waals surface area (Å²) in [6.07, 6.45) is 2.06. The van der Waals surface area contributed by atoms with Crippen LogP contribution < -0.4 is 5.14 Å². The van der Waals surface area contributed by atoms with Crippen LogP contribution in [0.5, 0.6) is 0 Å². The Kier molecular flexibility index (Phi) is 8.99. The van der Waals surface area contributed by atoms with Crippen LogP contribution in [0.2, 0.25) is 0 Å². The lowest BCUT2D eigenvalue weighted by Crippen LogP contribution is -2.11. The quantitative estimate of drug-likeness (QED) is 0.193. The van der Waals surface area contributed by atoms with Gasteiger partial charge in [0.25, 0.3) is 11.4 Å². The van der Waals surface area contributed by atoms with Crippen molar-refractivity contribution in [2.24, 2.45) is 5.14 Å². The van der Waals surface area contributed by atoms with Crippen molar-refractivity contribution in [3.05, 3.63) is 118 Å². The zero-order chi connectivity index (χ0) is 26.2. The van der Waals surface area contributed by atoms with Gasteiger partial charge in [-0.1, -0.05) is 72.8 Å². The Morgan fingerprint density at radius 1 is 0.919 bits per heavy atom. The van der Waals surface area contributed by atoms with Gasteiger partial charge in [-0.3, -0.25) is 4.79 Å². The van der Waals surface area contributed by atoms with Crippen LogP contribution in [-0.2, 0) is 24.2 Å². The van der Waals surface area contributed by atoms with Crippen molar-refractivity contribution in [1.82, 2.24) is 14.8 Å². The lowest BCUT2D eigenvalue weighted by molar-refractivity contribution is 0.111. The van der Waals surface area contributed by atoms with Crippen molar-refractivity contribution < 1.29 is 14.5 Å². The van der Waals surface area contributed by atoms with E-state index in [1.165, 1.54) is 11.3 Å². The second kappa shape index (κ2) is 12.6. The van der Waals surface area contributed by atoms with Gasteiger partial charge in [0.1, 0.15) is 5.69 Å². The topological polar surface area (TPSA) is 114 Å². The van der Waals surface area contributed by atoms with Gasteiger partial charge in [0.05, 0.1) is 11.4 Å². The van der Waals surface area contributed by atoms with Gasteiger partial charge in [-0.15, -0.1) is 16.5 Å². The van der Waals surface area contributed by atoms with Crippen molar-refractivity contribution in [1.29, 1.82) is 0 Å². The third kappa shape index (κ3) is 6.22. The molecule has 1 atom stereocenters. The van der Waals surface area contributed by atoms with Gasteiger partial charge >= 0.3 is 0 Å². The molecule has 0 aliphatic rings. The molecule has 0 aliphatic carbocycles. The van der Waals surface area contributed by atoms with Crippen molar-refractivity contribution in [2.75, 3.05) is 7.11 Å². The summed E-state index contributed by atoms with van der Waals surface area (Å²) < 4.78 is 11.6. The summed E-state index contributed by atoms with van der Waals surface area (Å²) in [7, 11) is 1.00. The lowest BCUT2D eigenvalue weighted by atomic mass is 9.96. The van der Waals surface area contributed by atoms with Gasteiger partial charge in [-0.05, 0) is 23.3 Å². The van der Waals surface area contributed by atoms with Crippen LogP contribution in [0.1, 0.15) is 32.9 Å². The molecule has 2 heterocycles. The van der Waals surface area contributed by atoms with Crippen molar-refractivity contribution >= 4 is 29.0 Å². The van der Waals surface area contributed by atoms with E-state index in [1.807, 2.05) is 65.3 Å². The maximum Gasteiger partial charge on any atom is 0.272 e. The number of aliphatic hydroxyl groups excluding tert-OH is 1. The molecule has 0 saturated carbocycles. The van der Waals surface area contributed by atoms with Crippen LogP contribution in [0, 0.1) is 0 Å². The fourth-order valence-electron chi connectivity index (χ4n) is 4.02. The number of hydrogen-bond donors (Lipinski definition) is 3. The van der Waals surface area contributed by atoms with E-state index in [0.717, 1.165) is 47.0 Å². The maximum atomic E-state index is 11.3. The third-order valence-electron chi connectivity index (χ3n) is 5.69. The van der Waals surface area contributed by atoms with E-state index in [2.05, 4.69) is 29.2 Å². The van der Waals surface area contributed by atoms with E-state index in [9.17, 15) is 9.35 Å².